The highest BCUT2D eigenvalue weighted by atomic mass is 16.5. The molecule has 0 aromatic heterocycles. The maximum atomic E-state index is 6.21. The number of fused-ring (bicyclic) bond motifs is 7. The molecule has 52 heavy (non-hydrogen) atoms. The molecule has 0 unspecified atom stereocenters. The van der Waals surface area contributed by atoms with Gasteiger partial charge in [-0.05, 0) is 93.0 Å². The average molecular weight is 691 g/mol. The first-order valence-electron chi connectivity index (χ1n) is 17.6. The van der Waals surface area contributed by atoms with Crippen molar-refractivity contribution in [3.63, 3.8) is 0 Å². The van der Waals surface area contributed by atoms with E-state index in [9.17, 15) is 0 Å². The standard InChI is InChI=1S/C46H42O6/c1-47-39-23-35-36(24-40(39)48-2)45-37-25-41(49-3)42(50-4)26-38(37)46(43(35)31-15-19-33(20-16-31)51-27-29-11-7-5-8-12-29)44(45)32-17-21-34(22-18-32)52-28-30-13-9-6-10-14-30/h5-26,43-46H,27-28H2,1-4H3/t43-,44-,45+,46+/m0/s1. The molecule has 6 nitrogen and oxygen atoms in total. The van der Waals surface area contributed by atoms with Crippen LogP contribution in [-0.4, -0.2) is 28.4 Å². The molecule has 2 aliphatic rings. The fraction of sp³-hybridized carbons (Fsp3) is 0.217. The highest BCUT2D eigenvalue weighted by Gasteiger charge is 2.52. The van der Waals surface area contributed by atoms with Crippen LogP contribution in [0.1, 0.15) is 68.2 Å². The number of hydrogen-bond donors (Lipinski definition) is 0. The maximum absolute atomic E-state index is 6.21. The summed E-state index contributed by atoms with van der Waals surface area (Å²) in [6.45, 7) is 1.03. The molecule has 0 N–H and O–H groups in total. The molecule has 0 heterocycles. The highest BCUT2D eigenvalue weighted by Crippen LogP contribution is 2.67. The molecular weight excluding hydrogens is 649 g/mol. The maximum Gasteiger partial charge on any atom is 0.161 e. The van der Waals surface area contributed by atoms with Gasteiger partial charge in [-0.15, -0.1) is 0 Å². The lowest BCUT2D eigenvalue weighted by Gasteiger charge is -2.40. The zero-order valence-corrected chi connectivity index (χ0v) is 29.9. The molecule has 2 bridgehead atoms. The molecule has 0 saturated heterocycles. The van der Waals surface area contributed by atoms with Gasteiger partial charge < -0.3 is 28.4 Å². The van der Waals surface area contributed by atoms with Gasteiger partial charge in [0.25, 0.3) is 0 Å². The van der Waals surface area contributed by atoms with Crippen LogP contribution < -0.4 is 28.4 Å². The summed E-state index contributed by atoms with van der Waals surface area (Å²) < 4.78 is 36.0. The van der Waals surface area contributed by atoms with Gasteiger partial charge in [0.05, 0.1) is 28.4 Å². The fourth-order valence-corrected chi connectivity index (χ4v) is 8.28. The van der Waals surface area contributed by atoms with Gasteiger partial charge in [-0.3, -0.25) is 0 Å². The Bertz CT molecular complexity index is 2150. The topological polar surface area (TPSA) is 55.4 Å². The van der Waals surface area contributed by atoms with E-state index in [2.05, 4.69) is 97.1 Å². The Morgan fingerprint density at radius 3 is 1.21 bits per heavy atom. The third kappa shape index (κ3) is 6.08. The Labute approximate surface area is 305 Å². The molecule has 0 amide bonds. The summed E-state index contributed by atoms with van der Waals surface area (Å²) in [5.74, 6) is 4.75. The highest BCUT2D eigenvalue weighted by molar-refractivity contribution is 5.67. The van der Waals surface area contributed by atoms with Gasteiger partial charge in [0.15, 0.2) is 23.0 Å². The first kappa shape index (κ1) is 33.3. The van der Waals surface area contributed by atoms with Crippen LogP contribution in [0.2, 0.25) is 0 Å². The number of benzene rings is 6. The van der Waals surface area contributed by atoms with E-state index in [1.807, 2.05) is 36.4 Å². The van der Waals surface area contributed by atoms with E-state index < -0.39 is 0 Å². The van der Waals surface area contributed by atoms with Crippen molar-refractivity contribution in [2.24, 2.45) is 0 Å². The third-order valence-electron chi connectivity index (χ3n) is 10.6. The Balaban J connectivity index is 1.24. The van der Waals surface area contributed by atoms with Gasteiger partial charge in [-0.2, -0.15) is 0 Å². The van der Waals surface area contributed by atoms with Crippen molar-refractivity contribution in [2.45, 2.75) is 36.9 Å². The quantitative estimate of drug-likeness (QED) is 0.127. The molecule has 4 atom stereocenters. The molecular formula is C46H42O6. The Morgan fingerprint density at radius 1 is 0.385 bits per heavy atom. The predicted molar refractivity (Wildman–Crippen MR) is 203 cm³/mol. The largest absolute Gasteiger partial charge is 0.493 e. The summed E-state index contributed by atoms with van der Waals surface area (Å²) in [7, 11) is 6.80. The Hall–Kier alpha value is -5.88. The summed E-state index contributed by atoms with van der Waals surface area (Å²) in [6, 6.07) is 46.5. The van der Waals surface area contributed by atoms with E-state index in [-0.39, 0.29) is 23.7 Å². The second-order valence-corrected chi connectivity index (χ2v) is 13.4. The van der Waals surface area contributed by atoms with Gasteiger partial charge in [0.2, 0.25) is 0 Å². The number of hydrogen-bond acceptors (Lipinski definition) is 6. The molecule has 0 saturated carbocycles. The van der Waals surface area contributed by atoms with Crippen LogP contribution in [0.25, 0.3) is 0 Å². The zero-order valence-electron chi connectivity index (χ0n) is 29.9. The van der Waals surface area contributed by atoms with Crippen molar-refractivity contribution in [1.82, 2.24) is 0 Å². The van der Waals surface area contributed by atoms with Crippen molar-refractivity contribution < 1.29 is 28.4 Å². The van der Waals surface area contributed by atoms with Crippen molar-refractivity contribution in [1.29, 1.82) is 0 Å². The number of methoxy groups -OCH3 is 4. The van der Waals surface area contributed by atoms with E-state index in [1.165, 1.54) is 33.4 Å². The third-order valence-corrected chi connectivity index (χ3v) is 10.6. The van der Waals surface area contributed by atoms with Crippen LogP contribution in [0.5, 0.6) is 34.5 Å². The van der Waals surface area contributed by atoms with Crippen LogP contribution >= 0.6 is 0 Å². The summed E-state index contributed by atoms with van der Waals surface area (Å²) in [5, 5.41) is 0. The minimum absolute atomic E-state index is 0.00686. The van der Waals surface area contributed by atoms with Crippen molar-refractivity contribution >= 4 is 0 Å². The normalized spacial score (nSPS) is 18.2. The molecule has 0 aliphatic heterocycles. The van der Waals surface area contributed by atoms with Crippen LogP contribution in [0.15, 0.2) is 133 Å². The van der Waals surface area contributed by atoms with E-state index in [0.717, 1.165) is 34.1 Å². The van der Waals surface area contributed by atoms with Gasteiger partial charge in [-0.1, -0.05) is 84.9 Å². The summed E-state index contributed by atoms with van der Waals surface area (Å²) in [4.78, 5) is 0. The second kappa shape index (κ2) is 14.4. The van der Waals surface area contributed by atoms with E-state index in [4.69, 9.17) is 28.4 Å². The molecule has 0 radical (unpaired) electrons. The molecule has 0 spiro atoms. The molecule has 6 heteroatoms. The molecule has 6 aromatic rings. The summed E-state index contributed by atoms with van der Waals surface area (Å²) >= 11 is 0. The molecule has 0 fully saturated rings. The van der Waals surface area contributed by atoms with Gasteiger partial charge in [0.1, 0.15) is 24.7 Å². The monoisotopic (exact) mass is 690 g/mol. The lowest BCUT2D eigenvalue weighted by molar-refractivity contribution is 0.306. The van der Waals surface area contributed by atoms with Crippen LogP contribution in [-0.2, 0) is 13.2 Å². The second-order valence-electron chi connectivity index (χ2n) is 13.4. The Kier molecular flexibility index (Phi) is 9.21. The van der Waals surface area contributed by atoms with Gasteiger partial charge in [-0.25, -0.2) is 0 Å². The number of ether oxygens (including phenoxy) is 6. The van der Waals surface area contributed by atoms with Crippen LogP contribution in [0.4, 0.5) is 0 Å². The van der Waals surface area contributed by atoms with Gasteiger partial charge >= 0.3 is 0 Å². The lowest BCUT2D eigenvalue weighted by Crippen LogP contribution is -2.26. The molecule has 8 rings (SSSR count). The van der Waals surface area contributed by atoms with Crippen molar-refractivity contribution in [2.75, 3.05) is 28.4 Å². The average Bonchev–Trinajstić information content (AvgIpc) is 3.47. The van der Waals surface area contributed by atoms with Crippen molar-refractivity contribution in [3.05, 3.63) is 178 Å². The smallest absolute Gasteiger partial charge is 0.161 e. The zero-order chi connectivity index (χ0) is 35.6. The van der Waals surface area contributed by atoms with Gasteiger partial charge in [0, 0.05) is 23.7 Å². The van der Waals surface area contributed by atoms with Crippen LogP contribution in [0.3, 0.4) is 0 Å². The minimum Gasteiger partial charge on any atom is -0.493 e. The fourth-order valence-electron chi connectivity index (χ4n) is 8.28. The number of rotatable bonds is 12. The SMILES string of the molecule is COc1cc2c(cc1OC)[C@@H]1c3cc(OC)c(OC)cc3[C@H]([C@H]2c2ccc(OCc3ccccc3)cc2)[C@H]1c1ccc(OCc2ccccc2)cc1. The predicted octanol–water partition coefficient (Wildman–Crippen LogP) is 10.0. The minimum atomic E-state index is -0.00686. The molecule has 6 aromatic carbocycles. The van der Waals surface area contributed by atoms with E-state index >= 15 is 0 Å². The molecule has 2 aliphatic carbocycles. The first-order valence-corrected chi connectivity index (χ1v) is 17.6. The van der Waals surface area contributed by atoms with Crippen molar-refractivity contribution in [3.8, 4) is 34.5 Å². The first-order chi connectivity index (χ1) is 25.6. The Morgan fingerprint density at radius 2 is 0.769 bits per heavy atom. The van der Waals surface area contributed by atoms with Crippen LogP contribution in [0, 0.1) is 0 Å². The van der Waals surface area contributed by atoms with E-state index in [0.29, 0.717) is 24.7 Å². The summed E-state index contributed by atoms with van der Waals surface area (Å²) in [6.07, 6.45) is 0. The lowest BCUT2D eigenvalue weighted by atomic mass is 9.63. The molecule has 262 valence electrons. The summed E-state index contributed by atoms with van der Waals surface area (Å²) in [5.41, 5.74) is 9.62. The van der Waals surface area contributed by atoms with E-state index in [1.54, 1.807) is 28.4 Å².